The quantitative estimate of drug-likeness (QED) is 0.722. The predicted octanol–water partition coefficient (Wildman–Crippen LogP) is 1.87. The monoisotopic (exact) mass is 242 g/mol. The fraction of sp³-hybridized carbons (Fsp3) is 0.917. The third-order valence-corrected chi connectivity index (χ3v) is 4.19. The minimum Gasteiger partial charge on any atom is -0.395 e. The van der Waals surface area contributed by atoms with Gasteiger partial charge in [0.1, 0.15) is 0 Å². The van der Waals surface area contributed by atoms with Crippen molar-refractivity contribution in [2.24, 2.45) is 0 Å². The predicted molar refractivity (Wildman–Crippen MR) is 68.4 cm³/mol. The Bertz CT molecular complexity index is 230. The molecule has 1 aliphatic heterocycles. The number of nitriles is 1. The van der Waals surface area contributed by atoms with Crippen molar-refractivity contribution in [3.63, 3.8) is 0 Å². The molecule has 0 bridgehead atoms. The molecule has 1 heterocycles. The average molecular weight is 242 g/mol. The van der Waals surface area contributed by atoms with Crippen LogP contribution in [0.1, 0.15) is 32.6 Å². The lowest BCUT2D eigenvalue weighted by Crippen LogP contribution is -2.47. The van der Waals surface area contributed by atoms with Crippen molar-refractivity contribution in [3.8, 4) is 6.07 Å². The first-order valence-corrected chi connectivity index (χ1v) is 7.26. The van der Waals surface area contributed by atoms with E-state index in [1.807, 2.05) is 0 Å². The molecule has 0 aromatic carbocycles. The standard InChI is InChI=1S/C12H22N2OS/c1-11-4-2-5-12(10-15)14(11)7-3-8-16-9-6-13/h11-12,15H,2-5,7-10H2,1H3. The number of aliphatic hydroxyl groups is 1. The highest BCUT2D eigenvalue weighted by atomic mass is 32.2. The van der Waals surface area contributed by atoms with Gasteiger partial charge in [-0.3, -0.25) is 4.90 Å². The maximum absolute atomic E-state index is 9.33. The topological polar surface area (TPSA) is 47.3 Å². The van der Waals surface area contributed by atoms with Gasteiger partial charge >= 0.3 is 0 Å². The molecule has 0 radical (unpaired) electrons. The third-order valence-electron chi connectivity index (χ3n) is 3.28. The van der Waals surface area contributed by atoms with Crippen LogP contribution in [-0.2, 0) is 0 Å². The van der Waals surface area contributed by atoms with Crippen molar-refractivity contribution in [3.05, 3.63) is 0 Å². The van der Waals surface area contributed by atoms with Crippen molar-refractivity contribution < 1.29 is 5.11 Å². The Morgan fingerprint density at radius 1 is 1.50 bits per heavy atom. The van der Waals surface area contributed by atoms with E-state index in [1.165, 1.54) is 12.8 Å². The number of hydrogen-bond donors (Lipinski definition) is 1. The first-order valence-electron chi connectivity index (χ1n) is 6.11. The van der Waals surface area contributed by atoms with Crippen LogP contribution in [0.15, 0.2) is 0 Å². The first-order chi connectivity index (χ1) is 7.79. The Hall–Kier alpha value is -0.240. The fourth-order valence-corrected chi connectivity index (χ4v) is 2.98. The Kier molecular flexibility index (Phi) is 6.86. The molecule has 1 fully saturated rings. The van der Waals surface area contributed by atoms with Crippen LogP contribution in [0.25, 0.3) is 0 Å². The van der Waals surface area contributed by atoms with Crippen LogP contribution in [0.3, 0.4) is 0 Å². The fourth-order valence-electron chi connectivity index (χ4n) is 2.41. The summed E-state index contributed by atoms with van der Waals surface area (Å²) in [5, 5.41) is 17.8. The average Bonchev–Trinajstić information content (AvgIpc) is 2.30. The van der Waals surface area contributed by atoms with Crippen LogP contribution >= 0.6 is 11.8 Å². The zero-order chi connectivity index (χ0) is 11.8. The van der Waals surface area contributed by atoms with Gasteiger partial charge in [-0.05, 0) is 38.5 Å². The lowest BCUT2D eigenvalue weighted by Gasteiger charge is -2.39. The summed E-state index contributed by atoms with van der Waals surface area (Å²) in [4.78, 5) is 2.44. The second-order valence-electron chi connectivity index (χ2n) is 4.42. The van der Waals surface area contributed by atoms with E-state index in [2.05, 4.69) is 17.9 Å². The van der Waals surface area contributed by atoms with Gasteiger partial charge in [0.2, 0.25) is 0 Å². The van der Waals surface area contributed by atoms with Gasteiger partial charge in [0.25, 0.3) is 0 Å². The van der Waals surface area contributed by atoms with E-state index in [-0.39, 0.29) is 6.61 Å². The zero-order valence-electron chi connectivity index (χ0n) is 10.1. The van der Waals surface area contributed by atoms with E-state index in [0.29, 0.717) is 17.8 Å². The number of aliphatic hydroxyl groups excluding tert-OH is 1. The summed E-state index contributed by atoms with van der Waals surface area (Å²) < 4.78 is 0. The second kappa shape index (κ2) is 7.94. The van der Waals surface area contributed by atoms with E-state index in [9.17, 15) is 5.11 Å². The van der Waals surface area contributed by atoms with E-state index >= 15 is 0 Å². The molecule has 2 unspecified atom stereocenters. The van der Waals surface area contributed by atoms with Crippen molar-refractivity contribution >= 4 is 11.8 Å². The molecular weight excluding hydrogens is 220 g/mol. The van der Waals surface area contributed by atoms with Crippen molar-refractivity contribution in [2.75, 3.05) is 24.7 Å². The van der Waals surface area contributed by atoms with Gasteiger partial charge in [-0.25, -0.2) is 0 Å². The number of hydrogen-bond acceptors (Lipinski definition) is 4. The maximum atomic E-state index is 9.33. The summed E-state index contributed by atoms with van der Waals surface area (Å²) in [5.74, 6) is 1.65. The molecule has 1 saturated heterocycles. The number of piperidine rings is 1. The van der Waals surface area contributed by atoms with Gasteiger partial charge in [-0.15, -0.1) is 11.8 Å². The SMILES string of the molecule is CC1CCCC(CO)N1CCCSCC#N. The molecule has 3 nitrogen and oxygen atoms in total. The van der Waals surface area contributed by atoms with Crippen LogP contribution < -0.4 is 0 Å². The molecule has 1 N–H and O–H groups in total. The molecule has 0 aromatic heterocycles. The molecule has 0 aliphatic carbocycles. The first kappa shape index (κ1) is 13.8. The molecule has 0 spiro atoms. The van der Waals surface area contributed by atoms with E-state index in [0.717, 1.165) is 25.1 Å². The summed E-state index contributed by atoms with van der Waals surface area (Å²) in [5.41, 5.74) is 0. The van der Waals surface area contributed by atoms with Crippen LogP contribution in [0, 0.1) is 11.3 Å². The minimum atomic E-state index is 0.287. The van der Waals surface area contributed by atoms with Crippen molar-refractivity contribution in [1.82, 2.24) is 4.90 Å². The van der Waals surface area contributed by atoms with Gasteiger partial charge in [-0.2, -0.15) is 5.26 Å². The molecule has 0 amide bonds. The normalized spacial score (nSPS) is 26.6. The molecule has 4 heteroatoms. The summed E-state index contributed by atoms with van der Waals surface area (Å²) in [6.07, 6.45) is 4.74. The molecular formula is C12H22N2OS. The van der Waals surface area contributed by atoms with Gasteiger partial charge in [-0.1, -0.05) is 6.42 Å². The largest absolute Gasteiger partial charge is 0.395 e. The van der Waals surface area contributed by atoms with Crippen molar-refractivity contribution in [1.29, 1.82) is 5.26 Å². The Morgan fingerprint density at radius 2 is 2.31 bits per heavy atom. The highest BCUT2D eigenvalue weighted by molar-refractivity contribution is 7.99. The molecule has 0 saturated carbocycles. The van der Waals surface area contributed by atoms with Crippen LogP contribution in [0.4, 0.5) is 0 Å². The second-order valence-corrected chi connectivity index (χ2v) is 5.52. The molecule has 16 heavy (non-hydrogen) atoms. The molecule has 1 rings (SSSR count). The van der Waals surface area contributed by atoms with Gasteiger partial charge in [0.05, 0.1) is 18.4 Å². The Morgan fingerprint density at radius 3 is 3.00 bits per heavy atom. The Labute approximate surface area is 103 Å². The van der Waals surface area contributed by atoms with Crippen molar-refractivity contribution in [2.45, 2.75) is 44.7 Å². The zero-order valence-corrected chi connectivity index (χ0v) is 10.9. The number of nitrogens with zero attached hydrogens (tertiary/aromatic N) is 2. The summed E-state index contributed by atoms with van der Waals surface area (Å²) in [6, 6.07) is 3.11. The molecule has 0 aromatic rings. The molecule has 1 aliphatic rings. The Balaban J connectivity index is 2.23. The summed E-state index contributed by atoms with van der Waals surface area (Å²) >= 11 is 1.70. The van der Waals surface area contributed by atoms with E-state index in [1.54, 1.807) is 11.8 Å². The van der Waals surface area contributed by atoms with Gasteiger partial charge in [0, 0.05) is 12.1 Å². The summed E-state index contributed by atoms with van der Waals surface area (Å²) in [7, 11) is 0. The number of rotatable bonds is 6. The van der Waals surface area contributed by atoms with Gasteiger partial charge < -0.3 is 5.11 Å². The molecule has 92 valence electrons. The highest BCUT2D eigenvalue weighted by Crippen LogP contribution is 2.22. The minimum absolute atomic E-state index is 0.287. The number of likely N-dealkylation sites (tertiary alicyclic amines) is 1. The summed E-state index contributed by atoms with van der Waals surface area (Å²) in [6.45, 7) is 3.60. The van der Waals surface area contributed by atoms with E-state index in [4.69, 9.17) is 5.26 Å². The van der Waals surface area contributed by atoms with E-state index < -0.39 is 0 Å². The smallest absolute Gasteiger partial charge is 0.0808 e. The number of thioether (sulfide) groups is 1. The van der Waals surface area contributed by atoms with Crippen LogP contribution in [-0.4, -0.2) is 46.7 Å². The molecule has 2 atom stereocenters. The highest BCUT2D eigenvalue weighted by Gasteiger charge is 2.26. The lowest BCUT2D eigenvalue weighted by molar-refractivity contribution is 0.0523. The van der Waals surface area contributed by atoms with Crippen LogP contribution in [0.2, 0.25) is 0 Å². The lowest BCUT2D eigenvalue weighted by atomic mass is 9.97. The van der Waals surface area contributed by atoms with Gasteiger partial charge in [0.15, 0.2) is 0 Å². The van der Waals surface area contributed by atoms with Crippen LogP contribution in [0.5, 0.6) is 0 Å². The maximum Gasteiger partial charge on any atom is 0.0808 e. The third kappa shape index (κ3) is 4.32.